The zero-order valence-electron chi connectivity index (χ0n) is 14.6. The largest absolute Gasteiger partial charge is 0.375 e. The van der Waals surface area contributed by atoms with Crippen molar-refractivity contribution in [3.63, 3.8) is 0 Å². The van der Waals surface area contributed by atoms with E-state index in [0.29, 0.717) is 0 Å². The van der Waals surface area contributed by atoms with E-state index in [2.05, 4.69) is 68.2 Å². The van der Waals surface area contributed by atoms with Gasteiger partial charge in [-0.15, -0.1) is 11.8 Å². The first-order valence-corrected chi connectivity index (χ1v) is 9.62. The van der Waals surface area contributed by atoms with Crippen molar-refractivity contribution >= 4 is 39.4 Å². The number of hydrogen-bond acceptors (Lipinski definition) is 4. The number of aromatic amines is 2. The lowest BCUT2D eigenvalue weighted by molar-refractivity contribution is 0.959. The van der Waals surface area contributed by atoms with Gasteiger partial charge < -0.3 is 10.3 Å². The SMILES string of the molecule is c1ccc2[nH]ccc2c1.c1ccc2c(c1)NCS2.c1ccc2n[nH]nc2c1. The van der Waals surface area contributed by atoms with Crippen molar-refractivity contribution in [1.29, 1.82) is 0 Å². The van der Waals surface area contributed by atoms with E-state index in [0.717, 1.165) is 16.9 Å². The second-order valence-electron chi connectivity index (χ2n) is 5.84. The molecular weight excluding hydrogens is 354 g/mol. The van der Waals surface area contributed by atoms with Gasteiger partial charge in [0.15, 0.2) is 0 Å². The number of thioether (sulfide) groups is 1. The summed E-state index contributed by atoms with van der Waals surface area (Å²) in [6.45, 7) is 0. The van der Waals surface area contributed by atoms with Gasteiger partial charge in [0, 0.05) is 22.3 Å². The maximum Gasteiger partial charge on any atom is 0.112 e. The Morgan fingerprint density at radius 3 is 2.22 bits per heavy atom. The predicted molar refractivity (Wildman–Crippen MR) is 113 cm³/mol. The first-order valence-electron chi connectivity index (χ1n) is 8.63. The van der Waals surface area contributed by atoms with Crippen LogP contribution in [0.15, 0.2) is 90.0 Å². The summed E-state index contributed by atoms with van der Waals surface area (Å²) in [5.74, 6) is 1.03. The maximum absolute atomic E-state index is 3.88. The van der Waals surface area contributed by atoms with Crippen LogP contribution in [-0.4, -0.2) is 26.3 Å². The molecule has 0 fully saturated rings. The molecule has 6 heteroatoms. The van der Waals surface area contributed by atoms with Crippen LogP contribution < -0.4 is 5.32 Å². The van der Waals surface area contributed by atoms with Crippen LogP contribution in [-0.2, 0) is 0 Å². The van der Waals surface area contributed by atoms with Crippen LogP contribution in [0, 0.1) is 0 Å². The quantitative estimate of drug-likeness (QED) is 0.345. The summed E-state index contributed by atoms with van der Waals surface area (Å²) in [7, 11) is 0. The molecule has 3 heterocycles. The molecule has 0 saturated heterocycles. The number of aromatic nitrogens is 4. The zero-order chi connectivity index (χ0) is 18.3. The van der Waals surface area contributed by atoms with E-state index in [1.54, 1.807) is 0 Å². The molecule has 0 unspecified atom stereocenters. The Balaban J connectivity index is 0.0000001000. The summed E-state index contributed by atoms with van der Waals surface area (Å²) in [5.41, 5.74) is 4.31. The topological polar surface area (TPSA) is 69.4 Å². The van der Waals surface area contributed by atoms with Gasteiger partial charge in [0.1, 0.15) is 11.0 Å². The normalized spacial score (nSPS) is 11.7. The summed E-state index contributed by atoms with van der Waals surface area (Å²) < 4.78 is 0. The molecule has 0 bridgehead atoms. The van der Waals surface area contributed by atoms with E-state index in [1.807, 2.05) is 54.4 Å². The highest BCUT2D eigenvalue weighted by Crippen LogP contribution is 2.32. The molecule has 0 aliphatic carbocycles. The number of rotatable bonds is 0. The smallest absolute Gasteiger partial charge is 0.112 e. The minimum Gasteiger partial charge on any atom is -0.375 e. The molecule has 6 rings (SSSR count). The molecule has 134 valence electrons. The first kappa shape index (κ1) is 17.2. The third kappa shape index (κ3) is 4.30. The fourth-order valence-corrected chi connectivity index (χ4v) is 3.56. The van der Waals surface area contributed by atoms with Gasteiger partial charge in [-0.05, 0) is 41.8 Å². The third-order valence-corrected chi connectivity index (χ3v) is 5.02. The number of benzene rings is 3. The lowest BCUT2D eigenvalue weighted by Gasteiger charge is -1.92. The molecule has 0 radical (unpaired) electrons. The second-order valence-corrected chi connectivity index (χ2v) is 6.86. The van der Waals surface area contributed by atoms with Crippen molar-refractivity contribution < 1.29 is 0 Å². The molecule has 0 amide bonds. The predicted octanol–water partition coefficient (Wildman–Crippen LogP) is 5.29. The van der Waals surface area contributed by atoms with Crippen LogP contribution in [0.25, 0.3) is 21.9 Å². The molecule has 5 aromatic rings. The van der Waals surface area contributed by atoms with Crippen molar-refractivity contribution in [3.8, 4) is 0 Å². The van der Waals surface area contributed by atoms with Gasteiger partial charge in [-0.3, -0.25) is 0 Å². The molecule has 0 atom stereocenters. The Morgan fingerprint density at radius 2 is 1.44 bits per heavy atom. The average molecular weight is 373 g/mol. The van der Waals surface area contributed by atoms with E-state index in [9.17, 15) is 0 Å². The Hall–Kier alpha value is -3.25. The van der Waals surface area contributed by atoms with Gasteiger partial charge >= 0.3 is 0 Å². The number of para-hydroxylation sites is 4. The molecular formula is C21H19N5S. The molecule has 5 nitrogen and oxygen atoms in total. The molecule has 1 aliphatic rings. The zero-order valence-corrected chi connectivity index (χ0v) is 15.4. The van der Waals surface area contributed by atoms with Crippen molar-refractivity contribution in [3.05, 3.63) is 85.1 Å². The summed E-state index contributed by atoms with van der Waals surface area (Å²) in [6.07, 6.45) is 1.95. The molecule has 27 heavy (non-hydrogen) atoms. The number of hydrogen-bond donors (Lipinski definition) is 3. The highest BCUT2D eigenvalue weighted by molar-refractivity contribution is 7.99. The highest BCUT2D eigenvalue weighted by atomic mass is 32.2. The van der Waals surface area contributed by atoms with E-state index in [-0.39, 0.29) is 0 Å². The average Bonchev–Trinajstić information content (AvgIpc) is 3.48. The Morgan fingerprint density at radius 1 is 0.741 bits per heavy atom. The van der Waals surface area contributed by atoms with Crippen molar-refractivity contribution in [2.24, 2.45) is 0 Å². The number of H-pyrrole nitrogens is 2. The van der Waals surface area contributed by atoms with Gasteiger partial charge in [-0.25, -0.2) is 0 Å². The van der Waals surface area contributed by atoms with Crippen molar-refractivity contribution in [2.75, 3.05) is 11.2 Å². The molecule has 2 aromatic heterocycles. The highest BCUT2D eigenvalue weighted by Gasteiger charge is 2.06. The summed E-state index contributed by atoms with van der Waals surface area (Å²) in [6, 6.07) is 26.4. The van der Waals surface area contributed by atoms with Gasteiger partial charge in [0.05, 0.1) is 5.88 Å². The molecule has 3 N–H and O–H groups in total. The Kier molecular flexibility index (Phi) is 5.36. The van der Waals surface area contributed by atoms with Gasteiger partial charge in [0.25, 0.3) is 0 Å². The number of anilines is 1. The summed E-state index contributed by atoms with van der Waals surface area (Å²) in [4.78, 5) is 4.49. The van der Waals surface area contributed by atoms with Crippen LogP contribution in [0.2, 0.25) is 0 Å². The number of nitrogens with one attached hydrogen (secondary N) is 3. The lowest BCUT2D eigenvalue weighted by Crippen LogP contribution is -1.86. The van der Waals surface area contributed by atoms with Crippen LogP contribution in [0.4, 0.5) is 5.69 Å². The second kappa shape index (κ2) is 8.42. The first-order chi connectivity index (χ1) is 13.4. The van der Waals surface area contributed by atoms with E-state index < -0.39 is 0 Å². The van der Waals surface area contributed by atoms with Crippen LogP contribution in [0.3, 0.4) is 0 Å². The standard InChI is InChI=1S/C8H7N.C7H7NS.C6H5N3/c1-2-4-8-7(3-1)5-6-9-8;1-2-4-7-6(3-1)8-5-9-7;1-2-4-6-5(3-1)7-9-8-6/h1-6,9H;1-4,8H,5H2;1-4H,(H,7,8,9). The van der Waals surface area contributed by atoms with Crippen LogP contribution in [0.1, 0.15) is 0 Å². The Labute approximate surface area is 161 Å². The monoisotopic (exact) mass is 373 g/mol. The van der Waals surface area contributed by atoms with E-state index in [1.165, 1.54) is 21.5 Å². The number of fused-ring (bicyclic) bond motifs is 3. The van der Waals surface area contributed by atoms with Crippen molar-refractivity contribution in [1.82, 2.24) is 20.4 Å². The third-order valence-electron chi connectivity index (χ3n) is 4.06. The molecule has 1 aliphatic heterocycles. The fourth-order valence-electron chi connectivity index (χ4n) is 2.71. The fraction of sp³-hybridized carbons (Fsp3) is 0.0476. The summed E-state index contributed by atoms with van der Waals surface area (Å²) in [5, 5.41) is 14.8. The minimum absolute atomic E-state index is 0.914. The molecule has 0 spiro atoms. The van der Waals surface area contributed by atoms with Crippen molar-refractivity contribution in [2.45, 2.75) is 4.90 Å². The van der Waals surface area contributed by atoms with Crippen LogP contribution >= 0.6 is 11.8 Å². The van der Waals surface area contributed by atoms with Crippen LogP contribution in [0.5, 0.6) is 0 Å². The van der Waals surface area contributed by atoms with Gasteiger partial charge in [-0.2, -0.15) is 15.4 Å². The van der Waals surface area contributed by atoms with E-state index >= 15 is 0 Å². The Bertz CT molecular complexity index is 982. The number of nitrogens with zero attached hydrogens (tertiary/aromatic N) is 2. The molecule has 3 aromatic carbocycles. The summed E-state index contributed by atoms with van der Waals surface area (Å²) >= 11 is 1.86. The van der Waals surface area contributed by atoms with Gasteiger partial charge in [-0.1, -0.05) is 42.5 Å². The lowest BCUT2D eigenvalue weighted by atomic mass is 10.3. The minimum atomic E-state index is 0.914. The van der Waals surface area contributed by atoms with E-state index in [4.69, 9.17) is 0 Å². The van der Waals surface area contributed by atoms with Gasteiger partial charge in [0.2, 0.25) is 0 Å². The molecule has 0 saturated carbocycles. The maximum atomic E-state index is 3.88.